The van der Waals surface area contributed by atoms with E-state index in [2.05, 4.69) is 10.2 Å². The molecule has 16 heavy (non-hydrogen) atoms. The van der Waals surface area contributed by atoms with Crippen LogP contribution in [0.1, 0.15) is 0 Å². The molecule has 0 spiro atoms. The minimum absolute atomic E-state index is 0.639. The minimum atomic E-state index is 0.639. The van der Waals surface area contributed by atoms with Gasteiger partial charge in [0.05, 0.1) is 19.8 Å². The first-order valence-electron chi connectivity index (χ1n) is 4.52. The lowest BCUT2D eigenvalue weighted by Gasteiger charge is -2.07. The maximum atomic E-state index is 5.27. The Labute approximate surface area is 102 Å². The number of hydrogen-bond donors (Lipinski definition) is 1. The van der Waals surface area contributed by atoms with Crippen LogP contribution in [0.25, 0.3) is 10.6 Å². The fourth-order valence-corrected chi connectivity index (χ4v) is 2.24. The smallest absolute Gasteiger partial charge is 0.176 e. The highest BCUT2D eigenvalue weighted by molar-refractivity contribution is 7.73. The third-order valence-electron chi connectivity index (χ3n) is 2.08. The van der Waals surface area contributed by atoms with Crippen molar-refractivity contribution in [2.75, 3.05) is 14.2 Å². The Balaban J connectivity index is 2.56. The highest BCUT2D eigenvalue weighted by Crippen LogP contribution is 2.34. The molecule has 1 heterocycles. The van der Waals surface area contributed by atoms with Gasteiger partial charge in [-0.1, -0.05) is 11.3 Å². The number of nitrogens with one attached hydrogen (secondary N) is 1. The molecule has 1 aromatic heterocycles. The lowest BCUT2D eigenvalue weighted by atomic mass is 10.2. The molecule has 0 aliphatic rings. The zero-order valence-electron chi connectivity index (χ0n) is 8.81. The van der Waals surface area contributed by atoms with Crippen LogP contribution >= 0.6 is 23.6 Å². The van der Waals surface area contributed by atoms with E-state index in [0.717, 1.165) is 22.1 Å². The summed E-state index contributed by atoms with van der Waals surface area (Å²) in [6.07, 6.45) is 0. The lowest BCUT2D eigenvalue weighted by Crippen LogP contribution is -1.90. The van der Waals surface area contributed by atoms with Gasteiger partial charge < -0.3 is 9.47 Å². The maximum absolute atomic E-state index is 5.27. The van der Waals surface area contributed by atoms with Gasteiger partial charge in [0.25, 0.3) is 0 Å². The van der Waals surface area contributed by atoms with Gasteiger partial charge in [-0.25, -0.2) is 0 Å². The summed E-state index contributed by atoms with van der Waals surface area (Å²) in [4.78, 5) is 0. The molecule has 2 aromatic rings. The van der Waals surface area contributed by atoms with E-state index in [-0.39, 0.29) is 0 Å². The Kier molecular flexibility index (Phi) is 3.21. The number of ether oxygens (including phenoxy) is 2. The van der Waals surface area contributed by atoms with E-state index in [4.69, 9.17) is 21.7 Å². The van der Waals surface area contributed by atoms with Crippen molar-refractivity contribution in [1.29, 1.82) is 0 Å². The number of H-pyrrole nitrogens is 1. The third-order valence-corrected chi connectivity index (χ3v) is 3.20. The number of hydrogen-bond acceptors (Lipinski definition) is 5. The van der Waals surface area contributed by atoms with Crippen LogP contribution in [-0.2, 0) is 0 Å². The molecule has 1 N–H and O–H groups in total. The third kappa shape index (κ3) is 2.07. The molecule has 0 fully saturated rings. The van der Waals surface area contributed by atoms with E-state index in [0.29, 0.717) is 3.95 Å². The molecule has 0 amide bonds. The summed E-state index contributed by atoms with van der Waals surface area (Å²) in [5.41, 5.74) is 0.874. The maximum Gasteiger partial charge on any atom is 0.176 e. The van der Waals surface area contributed by atoms with Crippen LogP contribution in [-0.4, -0.2) is 24.4 Å². The zero-order chi connectivity index (χ0) is 11.5. The number of benzene rings is 1. The van der Waals surface area contributed by atoms with Crippen LogP contribution in [0.5, 0.6) is 11.5 Å². The second kappa shape index (κ2) is 4.63. The molecular weight excluding hydrogens is 244 g/mol. The summed E-state index contributed by atoms with van der Waals surface area (Å²) in [6, 6.07) is 5.56. The summed E-state index contributed by atoms with van der Waals surface area (Å²) in [6.45, 7) is 0. The molecule has 0 aliphatic carbocycles. The van der Waals surface area contributed by atoms with Crippen LogP contribution in [0.2, 0.25) is 0 Å². The molecule has 0 bridgehead atoms. The van der Waals surface area contributed by atoms with Gasteiger partial charge in [0.1, 0.15) is 16.5 Å². The molecule has 4 nitrogen and oxygen atoms in total. The van der Waals surface area contributed by atoms with Crippen molar-refractivity contribution in [1.82, 2.24) is 10.2 Å². The molecule has 0 unspecified atom stereocenters. The molecule has 0 atom stereocenters. The SMILES string of the molecule is COc1ccc(OC)c(-c2n[nH]c(=S)s2)c1. The standard InChI is InChI=1S/C10H10N2O2S2/c1-13-6-3-4-8(14-2)7(5-6)9-11-12-10(15)16-9/h3-5H,1-2H3,(H,12,15). The Hall–Kier alpha value is -1.40. The van der Waals surface area contributed by atoms with Gasteiger partial charge in [-0.3, -0.25) is 5.10 Å². The Bertz CT molecular complexity index is 548. The second-order valence-corrected chi connectivity index (χ2v) is 4.65. The van der Waals surface area contributed by atoms with Gasteiger partial charge >= 0.3 is 0 Å². The predicted octanol–water partition coefficient (Wildman–Crippen LogP) is 2.88. The van der Waals surface area contributed by atoms with Gasteiger partial charge in [0, 0.05) is 0 Å². The number of aromatic amines is 1. The van der Waals surface area contributed by atoms with Crippen molar-refractivity contribution in [2.45, 2.75) is 0 Å². The number of rotatable bonds is 3. The topological polar surface area (TPSA) is 47.1 Å². The molecule has 2 rings (SSSR count). The highest BCUT2D eigenvalue weighted by Gasteiger charge is 2.10. The van der Waals surface area contributed by atoms with Crippen molar-refractivity contribution >= 4 is 23.6 Å². The zero-order valence-corrected chi connectivity index (χ0v) is 10.4. The molecule has 6 heteroatoms. The van der Waals surface area contributed by atoms with Gasteiger partial charge in [-0.05, 0) is 30.4 Å². The van der Waals surface area contributed by atoms with Crippen molar-refractivity contribution in [2.24, 2.45) is 0 Å². The molecular formula is C10H10N2O2S2. The largest absolute Gasteiger partial charge is 0.497 e. The Morgan fingerprint density at radius 1 is 1.31 bits per heavy atom. The van der Waals surface area contributed by atoms with Crippen molar-refractivity contribution in [3.63, 3.8) is 0 Å². The first kappa shape index (κ1) is 11.1. The fraction of sp³-hybridized carbons (Fsp3) is 0.200. The van der Waals surface area contributed by atoms with Crippen LogP contribution in [0.3, 0.4) is 0 Å². The fourth-order valence-electron chi connectivity index (χ4n) is 1.33. The average Bonchev–Trinajstić information content (AvgIpc) is 2.75. The summed E-state index contributed by atoms with van der Waals surface area (Å²) in [7, 11) is 3.25. The Morgan fingerprint density at radius 2 is 2.12 bits per heavy atom. The normalized spacial score (nSPS) is 10.1. The van der Waals surface area contributed by atoms with Crippen molar-refractivity contribution in [3.8, 4) is 22.1 Å². The quantitative estimate of drug-likeness (QED) is 0.856. The van der Waals surface area contributed by atoms with Crippen LogP contribution in [0.15, 0.2) is 18.2 Å². The highest BCUT2D eigenvalue weighted by atomic mass is 32.1. The Morgan fingerprint density at radius 3 is 2.69 bits per heavy atom. The number of nitrogens with zero attached hydrogens (tertiary/aromatic N) is 1. The van der Waals surface area contributed by atoms with Gasteiger partial charge in [0.15, 0.2) is 3.95 Å². The van der Waals surface area contributed by atoms with Gasteiger partial charge in [-0.2, -0.15) is 5.10 Å². The molecule has 84 valence electrons. The van der Waals surface area contributed by atoms with E-state index in [9.17, 15) is 0 Å². The summed E-state index contributed by atoms with van der Waals surface area (Å²) in [5, 5.41) is 7.66. The summed E-state index contributed by atoms with van der Waals surface area (Å²) in [5.74, 6) is 1.51. The van der Waals surface area contributed by atoms with Gasteiger partial charge in [-0.15, -0.1) is 0 Å². The second-order valence-electron chi connectivity index (χ2n) is 2.98. The molecule has 1 aromatic carbocycles. The van der Waals surface area contributed by atoms with E-state index in [1.165, 1.54) is 11.3 Å². The van der Waals surface area contributed by atoms with Crippen molar-refractivity contribution in [3.05, 3.63) is 22.2 Å². The summed E-state index contributed by atoms with van der Waals surface area (Å²) >= 11 is 6.40. The average molecular weight is 254 g/mol. The minimum Gasteiger partial charge on any atom is -0.497 e. The van der Waals surface area contributed by atoms with Crippen LogP contribution in [0, 0.1) is 3.95 Å². The molecule has 0 radical (unpaired) electrons. The number of aromatic nitrogens is 2. The van der Waals surface area contributed by atoms with Gasteiger partial charge in [0.2, 0.25) is 0 Å². The van der Waals surface area contributed by atoms with E-state index in [1.54, 1.807) is 14.2 Å². The first-order chi connectivity index (χ1) is 7.74. The first-order valence-corrected chi connectivity index (χ1v) is 5.75. The molecule has 0 saturated carbocycles. The predicted molar refractivity (Wildman–Crippen MR) is 65.8 cm³/mol. The van der Waals surface area contributed by atoms with E-state index in [1.807, 2.05) is 18.2 Å². The van der Waals surface area contributed by atoms with Crippen LogP contribution < -0.4 is 9.47 Å². The molecule has 0 aliphatic heterocycles. The monoisotopic (exact) mass is 254 g/mol. The van der Waals surface area contributed by atoms with E-state index >= 15 is 0 Å². The summed E-state index contributed by atoms with van der Waals surface area (Å²) < 4.78 is 11.1. The molecule has 0 saturated heterocycles. The number of methoxy groups -OCH3 is 2. The lowest BCUT2D eigenvalue weighted by molar-refractivity contribution is 0.404. The van der Waals surface area contributed by atoms with Crippen molar-refractivity contribution < 1.29 is 9.47 Å². The van der Waals surface area contributed by atoms with E-state index < -0.39 is 0 Å². The van der Waals surface area contributed by atoms with Crippen LogP contribution in [0.4, 0.5) is 0 Å².